The molecule has 0 aliphatic heterocycles. The highest BCUT2D eigenvalue weighted by atomic mass is 16.2. The van der Waals surface area contributed by atoms with Gasteiger partial charge in [0, 0.05) is 6.04 Å². The van der Waals surface area contributed by atoms with Gasteiger partial charge in [0.25, 0.3) is 0 Å². The van der Waals surface area contributed by atoms with Crippen LogP contribution in [-0.4, -0.2) is 18.0 Å². The van der Waals surface area contributed by atoms with Gasteiger partial charge in [-0.05, 0) is 29.9 Å². The molecule has 5 heteroatoms. The van der Waals surface area contributed by atoms with Crippen LogP contribution in [0.15, 0.2) is 24.3 Å². The third kappa shape index (κ3) is 5.15. The van der Waals surface area contributed by atoms with Crippen molar-refractivity contribution < 1.29 is 9.59 Å². The maximum Gasteiger partial charge on any atom is 0.318 e. The van der Waals surface area contributed by atoms with Crippen LogP contribution >= 0.6 is 0 Å². The number of nitrogens with one attached hydrogen (secondary N) is 2. The van der Waals surface area contributed by atoms with Crippen LogP contribution in [0.3, 0.4) is 0 Å². The summed E-state index contributed by atoms with van der Waals surface area (Å²) >= 11 is 0. The number of urea groups is 1. The zero-order valence-corrected chi connectivity index (χ0v) is 14.0. The van der Waals surface area contributed by atoms with Gasteiger partial charge < -0.3 is 5.73 Å². The van der Waals surface area contributed by atoms with Crippen LogP contribution in [0, 0.1) is 5.92 Å². The smallest absolute Gasteiger partial charge is 0.318 e. The predicted octanol–water partition coefficient (Wildman–Crippen LogP) is 2.68. The zero-order valence-electron chi connectivity index (χ0n) is 14.0. The Kier molecular flexibility index (Phi) is 6.56. The summed E-state index contributed by atoms with van der Waals surface area (Å²) in [7, 11) is 0. The molecule has 0 aliphatic carbocycles. The number of amides is 3. The predicted molar refractivity (Wildman–Crippen MR) is 88.4 cm³/mol. The second-order valence-corrected chi connectivity index (χ2v) is 6.28. The number of rotatable bonds is 6. The van der Waals surface area contributed by atoms with Crippen LogP contribution < -0.4 is 16.4 Å². The van der Waals surface area contributed by atoms with Gasteiger partial charge in [-0.1, -0.05) is 52.0 Å². The Hall–Kier alpha value is -1.88. The fourth-order valence-electron chi connectivity index (χ4n) is 2.34. The van der Waals surface area contributed by atoms with Crippen LogP contribution in [0.4, 0.5) is 4.79 Å². The molecule has 0 bridgehead atoms. The molecule has 22 heavy (non-hydrogen) atoms. The van der Waals surface area contributed by atoms with E-state index in [2.05, 4.69) is 62.6 Å². The summed E-state index contributed by atoms with van der Waals surface area (Å²) in [4.78, 5) is 22.6. The van der Waals surface area contributed by atoms with Gasteiger partial charge in [0.1, 0.15) is 0 Å². The molecule has 1 rings (SSSR count). The van der Waals surface area contributed by atoms with Crippen molar-refractivity contribution in [2.75, 3.05) is 0 Å². The van der Waals surface area contributed by atoms with E-state index < -0.39 is 18.0 Å². The van der Waals surface area contributed by atoms with Gasteiger partial charge in [0.15, 0.2) is 0 Å². The molecule has 0 fully saturated rings. The maximum absolute atomic E-state index is 11.8. The largest absolute Gasteiger partial charge is 0.351 e. The first kappa shape index (κ1) is 18.2. The lowest BCUT2D eigenvalue weighted by Crippen LogP contribution is -2.48. The second kappa shape index (κ2) is 7.94. The minimum atomic E-state index is -0.832. The van der Waals surface area contributed by atoms with Crippen molar-refractivity contribution in [3.8, 4) is 0 Å². The summed E-state index contributed by atoms with van der Waals surface area (Å²) in [6.45, 7) is 10.2. The SMILES string of the molecule is CC(C)c1ccc([C@@H](N[C@@H](C)C(=O)NC(N)=O)C(C)C)cc1. The Bertz CT molecular complexity index is 509. The first-order chi connectivity index (χ1) is 10.2. The summed E-state index contributed by atoms with van der Waals surface area (Å²) in [6, 6.07) is 7.09. The first-order valence-corrected chi connectivity index (χ1v) is 7.68. The van der Waals surface area contributed by atoms with Crippen molar-refractivity contribution in [2.45, 2.75) is 52.6 Å². The third-order valence-electron chi connectivity index (χ3n) is 3.70. The van der Waals surface area contributed by atoms with Gasteiger partial charge in [-0.3, -0.25) is 15.4 Å². The molecule has 1 aromatic carbocycles. The number of benzene rings is 1. The summed E-state index contributed by atoms with van der Waals surface area (Å²) in [5, 5.41) is 5.37. The number of imide groups is 1. The maximum atomic E-state index is 11.8. The Morgan fingerprint density at radius 3 is 1.86 bits per heavy atom. The van der Waals surface area contributed by atoms with E-state index in [4.69, 9.17) is 5.73 Å². The molecule has 3 amide bonds. The van der Waals surface area contributed by atoms with Crippen molar-refractivity contribution in [1.82, 2.24) is 10.6 Å². The number of carbonyl (C=O) groups excluding carboxylic acids is 2. The summed E-state index contributed by atoms with van der Waals surface area (Å²) in [5.74, 6) is 0.366. The van der Waals surface area contributed by atoms with E-state index in [1.165, 1.54) is 5.56 Å². The van der Waals surface area contributed by atoms with Crippen molar-refractivity contribution in [3.05, 3.63) is 35.4 Å². The van der Waals surface area contributed by atoms with Gasteiger partial charge >= 0.3 is 6.03 Å². The average molecular weight is 305 g/mol. The van der Waals surface area contributed by atoms with E-state index in [1.807, 2.05) is 0 Å². The second-order valence-electron chi connectivity index (χ2n) is 6.28. The highest BCUT2D eigenvalue weighted by Gasteiger charge is 2.22. The van der Waals surface area contributed by atoms with E-state index in [-0.39, 0.29) is 6.04 Å². The number of hydrogen-bond donors (Lipinski definition) is 3. The molecule has 0 heterocycles. The lowest BCUT2D eigenvalue weighted by atomic mass is 9.93. The number of primary amides is 1. The number of carbonyl (C=O) groups is 2. The molecule has 2 atom stereocenters. The molecule has 122 valence electrons. The quantitative estimate of drug-likeness (QED) is 0.755. The average Bonchev–Trinajstić information content (AvgIpc) is 2.43. The minimum absolute atomic E-state index is 0.0230. The zero-order chi connectivity index (χ0) is 16.9. The molecule has 0 unspecified atom stereocenters. The van der Waals surface area contributed by atoms with Crippen LogP contribution in [-0.2, 0) is 4.79 Å². The lowest BCUT2D eigenvalue weighted by molar-refractivity contribution is -0.121. The molecule has 1 aromatic rings. The Morgan fingerprint density at radius 1 is 0.955 bits per heavy atom. The number of hydrogen-bond acceptors (Lipinski definition) is 3. The summed E-state index contributed by atoms with van der Waals surface area (Å²) in [5.41, 5.74) is 7.39. The third-order valence-corrected chi connectivity index (χ3v) is 3.70. The normalized spacial score (nSPS) is 14.0. The monoisotopic (exact) mass is 305 g/mol. The van der Waals surface area contributed by atoms with Crippen LogP contribution in [0.1, 0.15) is 57.7 Å². The van der Waals surface area contributed by atoms with Crippen molar-refractivity contribution in [2.24, 2.45) is 11.7 Å². The van der Waals surface area contributed by atoms with E-state index in [1.54, 1.807) is 6.92 Å². The van der Waals surface area contributed by atoms with Gasteiger partial charge in [-0.2, -0.15) is 0 Å². The molecular formula is C17H27N3O2. The highest BCUT2D eigenvalue weighted by Crippen LogP contribution is 2.24. The molecule has 0 radical (unpaired) electrons. The lowest BCUT2D eigenvalue weighted by Gasteiger charge is -2.26. The van der Waals surface area contributed by atoms with E-state index in [0.717, 1.165) is 5.56 Å². The fraction of sp³-hybridized carbons (Fsp3) is 0.529. The Morgan fingerprint density at radius 2 is 1.45 bits per heavy atom. The molecule has 0 aliphatic rings. The summed E-state index contributed by atoms with van der Waals surface area (Å²) < 4.78 is 0. The van der Waals surface area contributed by atoms with Gasteiger partial charge in [-0.25, -0.2) is 4.79 Å². The van der Waals surface area contributed by atoms with Crippen molar-refractivity contribution >= 4 is 11.9 Å². The summed E-state index contributed by atoms with van der Waals surface area (Å²) in [6.07, 6.45) is 0. The van der Waals surface area contributed by atoms with Crippen LogP contribution in [0.25, 0.3) is 0 Å². The Balaban J connectivity index is 2.85. The van der Waals surface area contributed by atoms with Gasteiger partial charge in [-0.15, -0.1) is 0 Å². The Labute approximate surface area is 132 Å². The molecular weight excluding hydrogens is 278 g/mol. The topological polar surface area (TPSA) is 84.2 Å². The minimum Gasteiger partial charge on any atom is -0.351 e. The molecule has 0 spiro atoms. The highest BCUT2D eigenvalue weighted by molar-refractivity contribution is 5.96. The van der Waals surface area contributed by atoms with Crippen LogP contribution in [0.2, 0.25) is 0 Å². The first-order valence-electron chi connectivity index (χ1n) is 7.68. The van der Waals surface area contributed by atoms with E-state index >= 15 is 0 Å². The van der Waals surface area contributed by atoms with Crippen molar-refractivity contribution in [3.63, 3.8) is 0 Å². The van der Waals surface area contributed by atoms with Crippen LogP contribution in [0.5, 0.6) is 0 Å². The molecule has 4 N–H and O–H groups in total. The van der Waals surface area contributed by atoms with Gasteiger partial charge in [0.05, 0.1) is 6.04 Å². The van der Waals surface area contributed by atoms with E-state index in [9.17, 15) is 9.59 Å². The standard InChI is InChI=1S/C17H27N3O2/c1-10(2)13-6-8-14(9-7-13)15(11(3)4)19-12(5)16(21)20-17(18)22/h6-12,15,19H,1-5H3,(H3,18,20,21,22)/t12-,15-/m0/s1. The molecule has 0 saturated carbocycles. The molecule has 5 nitrogen and oxygen atoms in total. The van der Waals surface area contributed by atoms with E-state index in [0.29, 0.717) is 11.8 Å². The fourth-order valence-corrected chi connectivity index (χ4v) is 2.34. The molecule has 0 saturated heterocycles. The molecule has 0 aromatic heterocycles. The van der Waals surface area contributed by atoms with Crippen molar-refractivity contribution in [1.29, 1.82) is 0 Å². The van der Waals surface area contributed by atoms with Gasteiger partial charge in [0.2, 0.25) is 5.91 Å². The number of nitrogens with two attached hydrogens (primary N) is 1.